The van der Waals surface area contributed by atoms with Gasteiger partial charge in [-0.2, -0.15) is 0 Å². The second-order valence-corrected chi connectivity index (χ2v) is 7.96. The molecule has 0 saturated heterocycles. The molecule has 0 bridgehead atoms. The molecular formula is C23H32ClNO4. The summed E-state index contributed by atoms with van der Waals surface area (Å²) in [6.45, 7) is 6.76. The maximum absolute atomic E-state index is 10.5. The number of ether oxygens (including phenoxy) is 3. The van der Waals surface area contributed by atoms with Crippen molar-refractivity contribution in [3.63, 3.8) is 0 Å². The van der Waals surface area contributed by atoms with Crippen molar-refractivity contribution in [2.24, 2.45) is 5.92 Å². The minimum absolute atomic E-state index is 0.228. The minimum atomic E-state index is -0.599. The van der Waals surface area contributed by atoms with E-state index in [1.54, 1.807) is 38.5 Å². The normalized spacial score (nSPS) is 12.3. The molecule has 2 aromatic carbocycles. The maximum atomic E-state index is 10.5. The van der Waals surface area contributed by atoms with E-state index in [0.29, 0.717) is 41.3 Å². The summed E-state index contributed by atoms with van der Waals surface area (Å²) in [5.74, 6) is 2.70. The Morgan fingerprint density at radius 2 is 1.69 bits per heavy atom. The van der Waals surface area contributed by atoms with Crippen LogP contribution in [0.4, 0.5) is 0 Å². The average molecular weight is 422 g/mol. The van der Waals surface area contributed by atoms with Crippen LogP contribution in [0.25, 0.3) is 0 Å². The Morgan fingerprint density at radius 3 is 2.31 bits per heavy atom. The van der Waals surface area contributed by atoms with Crippen molar-refractivity contribution in [2.75, 3.05) is 33.9 Å². The highest BCUT2D eigenvalue weighted by molar-refractivity contribution is 6.30. The number of aliphatic hydroxyl groups is 1. The number of rotatable bonds is 12. The molecule has 29 heavy (non-hydrogen) atoms. The molecule has 1 N–H and O–H groups in total. The van der Waals surface area contributed by atoms with Gasteiger partial charge in [-0.15, -0.1) is 0 Å². The predicted octanol–water partition coefficient (Wildman–Crippen LogP) is 4.65. The van der Waals surface area contributed by atoms with E-state index in [0.717, 1.165) is 18.5 Å². The highest BCUT2D eigenvalue weighted by Gasteiger charge is 2.15. The van der Waals surface area contributed by atoms with Crippen LogP contribution in [0.15, 0.2) is 42.5 Å². The van der Waals surface area contributed by atoms with E-state index in [9.17, 15) is 5.11 Å². The molecule has 5 nitrogen and oxygen atoms in total. The Hall–Kier alpha value is -1.95. The third-order valence-electron chi connectivity index (χ3n) is 4.60. The molecule has 0 heterocycles. The molecule has 2 aromatic rings. The number of nitrogens with zero attached hydrogens (tertiary/aromatic N) is 1. The van der Waals surface area contributed by atoms with Crippen LogP contribution in [-0.4, -0.2) is 50.0 Å². The van der Waals surface area contributed by atoms with Crippen LogP contribution in [0.5, 0.6) is 17.2 Å². The highest BCUT2D eigenvalue weighted by atomic mass is 35.5. The van der Waals surface area contributed by atoms with Gasteiger partial charge in [0.2, 0.25) is 0 Å². The summed E-state index contributed by atoms with van der Waals surface area (Å²) in [5.41, 5.74) is 1.11. The summed E-state index contributed by atoms with van der Waals surface area (Å²) < 4.78 is 16.4. The Balaban J connectivity index is 1.98. The summed E-state index contributed by atoms with van der Waals surface area (Å²) in [6, 6.07) is 13.1. The van der Waals surface area contributed by atoms with Crippen LogP contribution in [-0.2, 0) is 6.54 Å². The molecule has 0 aromatic heterocycles. The van der Waals surface area contributed by atoms with Crippen LogP contribution < -0.4 is 14.2 Å². The van der Waals surface area contributed by atoms with Gasteiger partial charge in [-0.3, -0.25) is 4.90 Å². The largest absolute Gasteiger partial charge is 0.493 e. The second kappa shape index (κ2) is 11.9. The molecule has 0 saturated carbocycles. The lowest BCUT2D eigenvalue weighted by Crippen LogP contribution is -2.36. The number of hydrogen-bond acceptors (Lipinski definition) is 5. The van der Waals surface area contributed by atoms with Crippen molar-refractivity contribution in [1.82, 2.24) is 4.90 Å². The lowest BCUT2D eigenvalue weighted by atomic mass is 10.1. The van der Waals surface area contributed by atoms with E-state index < -0.39 is 6.10 Å². The van der Waals surface area contributed by atoms with E-state index in [1.165, 1.54) is 0 Å². The zero-order valence-corrected chi connectivity index (χ0v) is 18.5. The molecule has 160 valence electrons. The maximum Gasteiger partial charge on any atom is 0.161 e. The summed E-state index contributed by atoms with van der Waals surface area (Å²) in [5, 5.41) is 11.2. The molecule has 0 unspecified atom stereocenters. The Bertz CT molecular complexity index is 736. The first kappa shape index (κ1) is 23.3. The van der Waals surface area contributed by atoms with Crippen molar-refractivity contribution in [1.29, 1.82) is 0 Å². The number of methoxy groups -OCH3 is 2. The summed E-state index contributed by atoms with van der Waals surface area (Å²) in [6.07, 6.45) is 0.455. The lowest BCUT2D eigenvalue weighted by molar-refractivity contribution is 0.0639. The van der Waals surface area contributed by atoms with Crippen molar-refractivity contribution in [3.05, 3.63) is 53.1 Å². The molecule has 0 aliphatic carbocycles. The quantitative estimate of drug-likeness (QED) is 0.540. The fourth-order valence-electron chi connectivity index (χ4n) is 2.99. The van der Waals surface area contributed by atoms with Crippen LogP contribution in [0.1, 0.15) is 25.8 Å². The van der Waals surface area contributed by atoms with Crippen molar-refractivity contribution < 1.29 is 19.3 Å². The van der Waals surface area contributed by atoms with Crippen molar-refractivity contribution >= 4 is 11.6 Å². The molecule has 0 aliphatic heterocycles. The van der Waals surface area contributed by atoms with Crippen molar-refractivity contribution in [3.8, 4) is 17.2 Å². The molecule has 0 aliphatic rings. The minimum Gasteiger partial charge on any atom is -0.493 e. The standard InChI is InChI=1S/C23H32ClNO4/c1-17(2)11-12-25(14-18-5-10-22(27-3)23(13-18)28-4)15-20(26)16-29-21-8-6-19(24)7-9-21/h5-10,13,17,20,26H,11-12,14-16H2,1-4H3/t20-/m1/s1. The monoisotopic (exact) mass is 421 g/mol. The Kier molecular flexibility index (Phi) is 9.58. The first-order chi connectivity index (χ1) is 13.9. The van der Waals surface area contributed by atoms with Gasteiger partial charge in [-0.25, -0.2) is 0 Å². The third-order valence-corrected chi connectivity index (χ3v) is 4.85. The lowest BCUT2D eigenvalue weighted by Gasteiger charge is -2.26. The van der Waals surface area contributed by atoms with Crippen LogP contribution >= 0.6 is 11.6 Å². The third kappa shape index (κ3) is 8.13. The Labute approximate surface area is 179 Å². The van der Waals surface area contributed by atoms with E-state index in [2.05, 4.69) is 18.7 Å². The van der Waals surface area contributed by atoms with Crippen molar-refractivity contribution in [2.45, 2.75) is 32.9 Å². The molecule has 6 heteroatoms. The first-order valence-corrected chi connectivity index (χ1v) is 10.3. The molecule has 0 spiro atoms. The molecule has 0 radical (unpaired) electrons. The second-order valence-electron chi connectivity index (χ2n) is 7.53. The van der Waals surface area contributed by atoms with E-state index >= 15 is 0 Å². The van der Waals surface area contributed by atoms with Gasteiger partial charge < -0.3 is 19.3 Å². The number of hydrogen-bond donors (Lipinski definition) is 1. The summed E-state index contributed by atoms with van der Waals surface area (Å²) in [7, 11) is 3.26. The van der Waals surface area contributed by atoms with Gasteiger partial charge in [0.15, 0.2) is 11.5 Å². The van der Waals surface area contributed by atoms with Gasteiger partial charge in [0, 0.05) is 18.1 Å². The van der Waals surface area contributed by atoms with Gasteiger partial charge in [-0.05, 0) is 60.8 Å². The van der Waals surface area contributed by atoms with E-state index in [-0.39, 0.29) is 6.61 Å². The van der Waals surface area contributed by atoms with Gasteiger partial charge in [-0.1, -0.05) is 31.5 Å². The number of benzene rings is 2. The predicted molar refractivity (Wildman–Crippen MR) is 117 cm³/mol. The smallest absolute Gasteiger partial charge is 0.161 e. The molecule has 0 fully saturated rings. The first-order valence-electron chi connectivity index (χ1n) is 9.91. The fourth-order valence-corrected chi connectivity index (χ4v) is 3.11. The molecule has 0 amide bonds. The zero-order valence-electron chi connectivity index (χ0n) is 17.7. The van der Waals surface area contributed by atoms with Gasteiger partial charge in [0.05, 0.1) is 14.2 Å². The Morgan fingerprint density at radius 1 is 1.00 bits per heavy atom. The highest BCUT2D eigenvalue weighted by Crippen LogP contribution is 2.28. The number of halogens is 1. The topological polar surface area (TPSA) is 51.2 Å². The summed E-state index contributed by atoms with van der Waals surface area (Å²) in [4.78, 5) is 2.25. The van der Waals surface area contributed by atoms with Crippen LogP contribution in [0, 0.1) is 5.92 Å². The molecule has 2 rings (SSSR count). The van der Waals surface area contributed by atoms with Gasteiger partial charge in [0.1, 0.15) is 18.5 Å². The van der Waals surface area contributed by atoms with Crippen LogP contribution in [0.2, 0.25) is 5.02 Å². The van der Waals surface area contributed by atoms with Gasteiger partial charge >= 0.3 is 0 Å². The average Bonchev–Trinajstić information content (AvgIpc) is 2.71. The van der Waals surface area contributed by atoms with Gasteiger partial charge in [0.25, 0.3) is 0 Å². The fraction of sp³-hybridized carbons (Fsp3) is 0.478. The SMILES string of the molecule is COc1ccc(CN(CCC(C)C)C[C@@H](O)COc2ccc(Cl)cc2)cc1OC. The van der Waals surface area contributed by atoms with Crippen LogP contribution in [0.3, 0.4) is 0 Å². The van der Waals surface area contributed by atoms with E-state index in [4.69, 9.17) is 25.8 Å². The summed E-state index contributed by atoms with van der Waals surface area (Å²) >= 11 is 5.89. The zero-order chi connectivity index (χ0) is 21.2. The molecule has 1 atom stereocenters. The number of aliphatic hydroxyl groups excluding tert-OH is 1. The van der Waals surface area contributed by atoms with E-state index in [1.807, 2.05) is 18.2 Å². The molecular weight excluding hydrogens is 390 g/mol.